The van der Waals surface area contributed by atoms with E-state index in [1.807, 2.05) is 31.2 Å². The molecule has 0 aliphatic carbocycles. The van der Waals surface area contributed by atoms with E-state index < -0.39 is 0 Å². The largest absolute Gasteiger partial charge is 0.489 e. The van der Waals surface area contributed by atoms with Gasteiger partial charge in [0, 0.05) is 10.5 Å². The van der Waals surface area contributed by atoms with Crippen molar-refractivity contribution in [2.75, 3.05) is 0 Å². The van der Waals surface area contributed by atoms with E-state index in [1.165, 1.54) is 4.70 Å². The van der Waals surface area contributed by atoms with Crippen molar-refractivity contribution in [3.63, 3.8) is 0 Å². The topological polar surface area (TPSA) is 22.1 Å². The van der Waals surface area contributed by atoms with Gasteiger partial charge in [0.25, 0.3) is 0 Å². The maximum absolute atomic E-state index is 5.80. The van der Waals surface area contributed by atoms with Crippen molar-refractivity contribution < 1.29 is 4.74 Å². The summed E-state index contributed by atoms with van der Waals surface area (Å²) in [6, 6.07) is 14.2. The number of hydrogen-bond donors (Lipinski definition) is 0. The molecule has 0 saturated carbocycles. The van der Waals surface area contributed by atoms with Crippen LogP contribution in [-0.2, 0) is 6.61 Å². The average Bonchev–Trinajstić information content (AvgIpc) is 2.77. The number of ether oxygens (including phenoxy) is 1. The Kier molecular flexibility index (Phi) is 3.53. The van der Waals surface area contributed by atoms with E-state index in [-0.39, 0.29) is 0 Å². The summed E-state index contributed by atoms with van der Waals surface area (Å²) in [5, 5.41) is 1.08. The third kappa shape index (κ3) is 2.96. The fraction of sp³-hybridized carbons (Fsp3) is 0.133. The molecule has 0 unspecified atom stereocenters. The maximum Gasteiger partial charge on any atom is 0.122 e. The van der Waals surface area contributed by atoms with Gasteiger partial charge in [0.1, 0.15) is 12.4 Å². The molecule has 3 aromatic rings. The van der Waals surface area contributed by atoms with E-state index in [4.69, 9.17) is 4.74 Å². The minimum absolute atomic E-state index is 0.571. The van der Waals surface area contributed by atoms with Crippen molar-refractivity contribution >= 4 is 37.5 Å². The molecule has 1 heterocycles. The summed E-state index contributed by atoms with van der Waals surface area (Å²) in [6.45, 7) is 2.59. The van der Waals surface area contributed by atoms with Gasteiger partial charge in [0.05, 0.1) is 15.2 Å². The molecule has 0 spiro atoms. The van der Waals surface area contributed by atoms with Gasteiger partial charge in [-0.1, -0.05) is 28.1 Å². The monoisotopic (exact) mass is 333 g/mol. The number of thiazole rings is 1. The molecule has 0 bridgehead atoms. The first-order valence-corrected chi connectivity index (χ1v) is 7.56. The fourth-order valence-electron chi connectivity index (χ4n) is 1.86. The van der Waals surface area contributed by atoms with Crippen LogP contribution in [-0.4, -0.2) is 4.98 Å². The van der Waals surface area contributed by atoms with Crippen LogP contribution in [0.5, 0.6) is 5.75 Å². The van der Waals surface area contributed by atoms with Gasteiger partial charge in [-0.05, 0) is 36.8 Å². The normalized spacial score (nSPS) is 10.8. The first-order valence-electron chi connectivity index (χ1n) is 5.95. The highest BCUT2D eigenvalue weighted by atomic mass is 79.9. The molecule has 2 aromatic carbocycles. The quantitative estimate of drug-likeness (QED) is 0.676. The molecule has 0 saturated heterocycles. The zero-order chi connectivity index (χ0) is 13.2. The number of rotatable bonds is 3. The Morgan fingerprint density at radius 2 is 1.95 bits per heavy atom. The van der Waals surface area contributed by atoms with Gasteiger partial charge < -0.3 is 4.74 Å². The van der Waals surface area contributed by atoms with E-state index in [9.17, 15) is 0 Å². The standard InChI is InChI=1S/C15H12BrNOS/c1-10-17-14-8-13(6-7-15(14)19-10)18-9-11-2-4-12(16)5-3-11/h2-8H,9H2,1H3. The van der Waals surface area contributed by atoms with Gasteiger partial charge in [0.15, 0.2) is 0 Å². The van der Waals surface area contributed by atoms with E-state index in [1.54, 1.807) is 11.3 Å². The lowest BCUT2D eigenvalue weighted by atomic mass is 10.2. The number of aromatic nitrogens is 1. The van der Waals surface area contributed by atoms with Crippen LogP contribution >= 0.6 is 27.3 Å². The molecule has 96 valence electrons. The molecule has 0 atom stereocenters. The molecule has 3 rings (SSSR count). The second kappa shape index (κ2) is 5.31. The molecular formula is C15H12BrNOS. The van der Waals surface area contributed by atoms with Crippen LogP contribution in [0.25, 0.3) is 10.2 Å². The van der Waals surface area contributed by atoms with Gasteiger partial charge in [0.2, 0.25) is 0 Å². The Morgan fingerprint density at radius 1 is 1.16 bits per heavy atom. The van der Waals surface area contributed by atoms with Gasteiger partial charge in [-0.2, -0.15) is 0 Å². The summed E-state index contributed by atoms with van der Waals surface area (Å²) in [5.74, 6) is 0.862. The predicted molar refractivity (Wildman–Crippen MR) is 82.8 cm³/mol. The number of nitrogens with zero attached hydrogens (tertiary/aromatic N) is 1. The van der Waals surface area contributed by atoms with Crippen LogP contribution in [0.3, 0.4) is 0 Å². The lowest BCUT2D eigenvalue weighted by Crippen LogP contribution is -1.94. The number of aryl methyl sites for hydroxylation is 1. The van der Waals surface area contributed by atoms with E-state index in [0.29, 0.717) is 6.61 Å². The predicted octanol–water partition coefficient (Wildman–Crippen LogP) is 4.95. The molecule has 0 radical (unpaired) electrons. The average molecular weight is 334 g/mol. The molecular weight excluding hydrogens is 322 g/mol. The second-order valence-corrected chi connectivity index (χ2v) is 6.43. The smallest absolute Gasteiger partial charge is 0.122 e. The molecule has 0 aliphatic rings. The lowest BCUT2D eigenvalue weighted by Gasteiger charge is -2.06. The number of hydrogen-bond acceptors (Lipinski definition) is 3. The van der Waals surface area contributed by atoms with E-state index in [2.05, 4.69) is 39.1 Å². The van der Waals surface area contributed by atoms with Crippen molar-refractivity contribution in [2.45, 2.75) is 13.5 Å². The van der Waals surface area contributed by atoms with Crippen LogP contribution < -0.4 is 4.74 Å². The Hall–Kier alpha value is -1.39. The summed E-state index contributed by atoms with van der Waals surface area (Å²) in [5.41, 5.74) is 2.16. The zero-order valence-electron chi connectivity index (χ0n) is 10.4. The van der Waals surface area contributed by atoms with Crippen molar-refractivity contribution in [2.24, 2.45) is 0 Å². The van der Waals surface area contributed by atoms with Gasteiger partial charge in [-0.25, -0.2) is 4.98 Å². The van der Waals surface area contributed by atoms with Gasteiger partial charge >= 0.3 is 0 Å². The van der Waals surface area contributed by atoms with Gasteiger partial charge in [-0.15, -0.1) is 11.3 Å². The molecule has 2 nitrogen and oxygen atoms in total. The van der Waals surface area contributed by atoms with Gasteiger partial charge in [-0.3, -0.25) is 0 Å². The third-order valence-corrected chi connectivity index (χ3v) is 4.27. The van der Waals surface area contributed by atoms with E-state index in [0.717, 1.165) is 26.3 Å². The van der Waals surface area contributed by atoms with Crippen molar-refractivity contribution in [3.05, 3.63) is 57.5 Å². The summed E-state index contributed by atoms with van der Waals surface area (Å²) in [7, 11) is 0. The molecule has 0 fully saturated rings. The highest BCUT2D eigenvalue weighted by molar-refractivity contribution is 9.10. The van der Waals surface area contributed by atoms with Crippen LogP contribution in [0.1, 0.15) is 10.6 Å². The van der Waals surface area contributed by atoms with Crippen molar-refractivity contribution in [3.8, 4) is 5.75 Å². The summed E-state index contributed by atoms with van der Waals surface area (Å²) in [6.07, 6.45) is 0. The second-order valence-electron chi connectivity index (χ2n) is 4.28. The molecule has 4 heteroatoms. The summed E-state index contributed by atoms with van der Waals surface area (Å²) >= 11 is 5.13. The Labute approximate surface area is 124 Å². The van der Waals surface area contributed by atoms with Crippen LogP contribution in [0.4, 0.5) is 0 Å². The van der Waals surface area contributed by atoms with Crippen LogP contribution in [0.2, 0.25) is 0 Å². The first-order chi connectivity index (χ1) is 9.20. The fourth-order valence-corrected chi connectivity index (χ4v) is 2.93. The Balaban J connectivity index is 1.75. The molecule has 1 aromatic heterocycles. The number of benzene rings is 2. The first kappa shape index (κ1) is 12.6. The molecule has 0 aliphatic heterocycles. The number of fused-ring (bicyclic) bond motifs is 1. The number of halogens is 1. The summed E-state index contributed by atoms with van der Waals surface area (Å²) in [4.78, 5) is 4.47. The molecule has 19 heavy (non-hydrogen) atoms. The zero-order valence-corrected chi connectivity index (χ0v) is 12.8. The highest BCUT2D eigenvalue weighted by Gasteiger charge is 2.02. The molecule has 0 amide bonds. The minimum atomic E-state index is 0.571. The van der Waals surface area contributed by atoms with E-state index >= 15 is 0 Å². The van der Waals surface area contributed by atoms with Crippen molar-refractivity contribution in [1.82, 2.24) is 4.98 Å². The van der Waals surface area contributed by atoms with Crippen LogP contribution in [0, 0.1) is 6.92 Å². The minimum Gasteiger partial charge on any atom is -0.489 e. The third-order valence-electron chi connectivity index (χ3n) is 2.78. The highest BCUT2D eigenvalue weighted by Crippen LogP contribution is 2.26. The SMILES string of the molecule is Cc1nc2cc(OCc3ccc(Br)cc3)ccc2s1. The van der Waals surface area contributed by atoms with Crippen LogP contribution in [0.15, 0.2) is 46.9 Å². The Morgan fingerprint density at radius 3 is 2.74 bits per heavy atom. The maximum atomic E-state index is 5.80. The van der Waals surface area contributed by atoms with Crippen molar-refractivity contribution in [1.29, 1.82) is 0 Å². The lowest BCUT2D eigenvalue weighted by molar-refractivity contribution is 0.306. The summed E-state index contributed by atoms with van der Waals surface area (Å²) < 4.78 is 8.08. The Bertz CT molecular complexity index is 706. The molecule has 0 N–H and O–H groups in total.